The summed E-state index contributed by atoms with van der Waals surface area (Å²) in [5.41, 5.74) is 0.582. The smallest absolute Gasteiger partial charge is 0.260 e. The Balaban J connectivity index is 1.43. The van der Waals surface area contributed by atoms with Gasteiger partial charge in [-0.2, -0.15) is 0 Å². The van der Waals surface area contributed by atoms with Crippen LogP contribution in [0.25, 0.3) is 21.5 Å². The highest BCUT2D eigenvalue weighted by Gasteiger charge is 2.20. The first-order chi connectivity index (χ1) is 14.2. The van der Waals surface area contributed by atoms with Gasteiger partial charge >= 0.3 is 0 Å². The van der Waals surface area contributed by atoms with Crippen LogP contribution in [0.3, 0.4) is 0 Å². The molecule has 0 aliphatic heterocycles. The number of fused-ring (bicyclic) bond motifs is 1. The van der Waals surface area contributed by atoms with Gasteiger partial charge < -0.3 is 9.40 Å². The standard InChI is InChI=1S/C18H14N6O2S3/c1-10(29-18-21-22-23-24(18)8-11-4-3-7-27-11)15-19-16(25)14-12(9-28-17(14)20-15)13-5-2-6-26-13/h2-7,9-10H,8H2,1H3,(H,19,20,25)/t10-/m0/s1. The summed E-state index contributed by atoms with van der Waals surface area (Å²) in [4.78, 5) is 22.2. The van der Waals surface area contributed by atoms with Crippen molar-refractivity contribution in [2.75, 3.05) is 0 Å². The maximum absolute atomic E-state index is 12.8. The summed E-state index contributed by atoms with van der Waals surface area (Å²) >= 11 is 4.54. The van der Waals surface area contributed by atoms with Crippen LogP contribution >= 0.6 is 34.4 Å². The number of aromatic amines is 1. The first-order valence-electron chi connectivity index (χ1n) is 8.69. The summed E-state index contributed by atoms with van der Waals surface area (Å²) in [6.07, 6.45) is 1.59. The minimum Gasteiger partial charge on any atom is -0.464 e. The minimum atomic E-state index is -0.178. The zero-order chi connectivity index (χ0) is 19.8. The van der Waals surface area contributed by atoms with Crippen molar-refractivity contribution < 1.29 is 4.42 Å². The van der Waals surface area contributed by atoms with Gasteiger partial charge in [-0.3, -0.25) is 4.79 Å². The average molecular weight is 443 g/mol. The maximum atomic E-state index is 12.8. The molecule has 0 amide bonds. The lowest BCUT2D eigenvalue weighted by molar-refractivity contribution is 0.583. The summed E-state index contributed by atoms with van der Waals surface area (Å²) < 4.78 is 7.20. The lowest BCUT2D eigenvalue weighted by Crippen LogP contribution is -2.12. The molecule has 0 saturated carbocycles. The van der Waals surface area contributed by atoms with Crippen molar-refractivity contribution in [3.63, 3.8) is 0 Å². The van der Waals surface area contributed by atoms with E-state index in [0.29, 0.717) is 33.5 Å². The van der Waals surface area contributed by atoms with Gasteiger partial charge in [-0.05, 0) is 40.9 Å². The fourth-order valence-corrected chi connectivity index (χ4v) is 5.38. The van der Waals surface area contributed by atoms with E-state index in [4.69, 9.17) is 4.42 Å². The van der Waals surface area contributed by atoms with Gasteiger partial charge in [0.05, 0.1) is 23.4 Å². The predicted octanol–water partition coefficient (Wildman–Crippen LogP) is 4.19. The average Bonchev–Trinajstić information content (AvgIpc) is 3.50. The molecule has 0 bridgehead atoms. The number of aromatic nitrogens is 6. The Morgan fingerprint density at radius 2 is 2.24 bits per heavy atom. The molecule has 5 heterocycles. The van der Waals surface area contributed by atoms with Crippen molar-refractivity contribution in [1.82, 2.24) is 30.2 Å². The van der Waals surface area contributed by atoms with Gasteiger partial charge in [-0.15, -0.1) is 27.8 Å². The number of thioether (sulfide) groups is 1. The number of furan rings is 1. The Bertz CT molecular complexity index is 1300. The molecule has 29 heavy (non-hydrogen) atoms. The molecule has 146 valence electrons. The van der Waals surface area contributed by atoms with Crippen LogP contribution in [0.2, 0.25) is 0 Å². The predicted molar refractivity (Wildman–Crippen MR) is 113 cm³/mol. The number of nitrogens with one attached hydrogen (secondary N) is 1. The van der Waals surface area contributed by atoms with Crippen LogP contribution in [0.1, 0.15) is 22.9 Å². The van der Waals surface area contributed by atoms with Crippen LogP contribution in [0, 0.1) is 0 Å². The number of hydrogen-bond acceptors (Lipinski definition) is 9. The maximum Gasteiger partial charge on any atom is 0.260 e. The van der Waals surface area contributed by atoms with Crippen molar-refractivity contribution in [3.8, 4) is 11.3 Å². The van der Waals surface area contributed by atoms with E-state index in [9.17, 15) is 4.79 Å². The molecule has 0 unspecified atom stereocenters. The molecule has 0 aromatic carbocycles. The molecule has 0 radical (unpaired) electrons. The Kier molecular flexibility index (Phi) is 4.78. The van der Waals surface area contributed by atoms with Crippen molar-refractivity contribution >= 4 is 44.7 Å². The second kappa shape index (κ2) is 7.58. The highest BCUT2D eigenvalue weighted by molar-refractivity contribution is 7.99. The molecule has 0 fully saturated rings. The summed E-state index contributed by atoms with van der Waals surface area (Å²) in [5, 5.41) is 17.0. The molecular formula is C18H14N6O2S3. The molecule has 0 aliphatic rings. The van der Waals surface area contributed by atoms with Gasteiger partial charge in [0.25, 0.3) is 5.56 Å². The first kappa shape index (κ1) is 18.3. The van der Waals surface area contributed by atoms with Gasteiger partial charge in [0.15, 0.2) is 0 Å². The highest BCUT2D eigenvalue weighted by atomic mass is 32.2. The van der Waals surface area contributed by atoms with E-state index >= 15 is 0 Å². The quantitative estimate of drug-likeness (QED) is 0.393. The Morgan fingerprint density at radius 3 is 3.03 bits per heavy atom. The number of hydrogen-bond donors (Lipinski definition) is 1. The topological polar surface area (TPSA) is 102 Å². The molecule has 8 nitrogen and oxygen atoms in total. The SMILES string of the molecule is C[C@H](Sc1nnnn1Cc1cccs1)c1nc2scc(-c3ccco3)c2c(=O)[nH]1. The molecule has 0 aliphatic carbocycles. The first-order valence-corrected chi connectivity index (χ1v) is 11.3. The number of thiophene rings is 2. The van der Waals surface area contributed by atoms with E-state index in [1.165, 1.54) is 28.0 Å². The number of tetrazole rings is 1. The van der Waals surface area contributed by atoms with Crippen LogP contribution < -0.4 is 5.56 Å². The van der Waals surface area contributed by atoms with Crippen LogP contribution in [0.5, 0.6) is 0 Å². The molecule has 1 N–H and O–H groups in total. The van der Waals surface area contributed by atoms with E-state index in [2.05, 4.69) is 25.5 Å². The summed E-state index contributed by atoms with van der Waals surface area (Å²) in [6, 6.07) is 7.68. The minimum absolute atomic E-state index is 0.130. The summed E-state index contributed by atoms with van der Waals surface area (Å²) in [6.45, 7) is 2.58. The Hall–Kier alpha value is -2.76. The van der Waals surface area contributed by atoms with Crippen LogP contribution in [-0.4, -0.2) is 30.2 Å². The molecule has 1 atom stereocenters. The number of nitrogens with zero attached hydrogens (tertiary/aromatic N) is 5. The van der Waals surface area contributed by atoms with Crippen molar-refractivity contribution in [1.29, 1.82) is 0 Å². The lowest BCUT2D eigenvalue weighted by atomic mass is 10.2. The van der Waals surface area contributed by atoms with Crippen molar-refractivity contribution in [2.24, 2.45) is 0 Å². The van der Waals surface area contributed by atoms with Crippen LogP contribution in [0.15, 0.2) is 55.7 Å². The Labute approximate surface area is 176 Å². The van der Waals surface area contributed by atoms with Gasteiger partial charge in [0.1, 0.15) is 16.4 Å². The van der Waals surface area contributed by atoms with Crippen LogP contribution in [-0.2, 0) is 6.54 Å². The zero-order valence-electron chi connectivity index (χ0n) is 15.1. The molecule has 0 spiro atoms. The van der Waals surface area contributed by atoms with Crippen molar-refractivity contribution in [3.05, 3.63) is 62.3 Å². The largest absolute Gasteiger partial charge is 0.464 e. The summed E-state index contributed by atoms with van der Waals surface area (Å²) in [5.74, 6) is 1.25. The van der Waals surface area contributed by atoms with Crippen molar-refractivity contribution in [2.45, 2.75) is 23.9 Å². The van der Waals surface area contributed by atoms with Gasteiger partial charge in [-0.1, -0.05) is 17.8 Å². The van der Waals surface area contributed by atoms with Gasteiger partial charge in [-0.25, -0.2) is 9.67 Å². The lowest BCUT2D eigenvalue weighted by Gasteiger charge is -2.10. The number of rotatable bonds is 6. The molecule has 5 rings (SSSR count). The monoisotopic (exact) mass is 442 g/mol. The van der Waals surface area contributed by atoms with E-state index in [0.717, 1.165) is 5.56 Å². The Morgan fingerprint density at radius 1 is 1.31 bits per heavy atom. The van der Waals surface area contributed by atoms with E-state index in [1.807, 2.05) is 35.9 Å². The number of H-pyrrole nitrogens is 1. The second-order valence-corrected chi connectivity index (χ2v) is 9.41. The zero-order valence-corrected chi connectivity index (χ0v) is 17.6. The fraction of sp³-hybridized carbons (Fsp3) is 0.167. The normalized spacial score (nSPS) is 12.6. The fourth-order valence-electron chi connectivity index (χ4n) is 2.92. The highest BCUT2D eigenvalue weighted by Crippen LogP contribution is 2.35. The van der Waals surface area contributed by atoms with Crippen LogP contribution in [0.4, 0.5) is 0 Å². The molecule has 5 aromatic rings. The molecule has 11 heteroatoms. The van der Waals surface area contributed by atoms with Gasteiger partial charge in [0.2, 0.25) is 5.16 Å². The second-order valence-electron chi connectivity index (χ2n) is 6.22. The van der Waals surface area contributed by atoms with Gasteiger partial charge in [0, 0.05) is 15.8 Å². The third-order valence-corrected chi connectivity index (χ3v) is 7.11. The summed E-state index contributed by atoms with van der Waals surface area (Å²) in [7, 11) is 0. The molecular weight excluding hydrogens is 428 g/mol. The molecule has 0 saturated heterocycles. The van der Waals surface area contributed by atoms with E-state index < -0.39 is 0 Å². The molecule has 5 aromatic heterocycles. The van der Waals surface area contributed by atoms with E-state index in [-0.39, 0.29) is 10.8 Å². The third-order valence-electron chi connectivity index (χ3n) is 4.30. The van der Waals surface area contributed by atoms with E-state index in [1.54, 1.807) is 28.3 Å². The third kappa shape index (κ3) is 3.52.